The zero-order valence-corrected chi connectivity index (χ0v) is 14.9. The summed E-state index contributed by atoms with van der Waals surface area (Å²) in [7, 11) is 0. The molecule has 0 aliphatic carbocycles. The molecule has 0 spiro atoms. The molecule has 7 nitrogen and oxygen atoms in total. The Balaban J connectivity index is 1.70. The average Bonchev–Trinajstić information content (AvgIpc) is 3.29. The normalized spacial score (nSPS) is 19.3. The Morgan fingerprint density at radius 3 is 3.00 bits per heavy atom. The number of amides is 1. The highest BCUT2D eigenvalue weighted by atomic mass is 19.1. The molecule has 2 atom stereocenters. The summed E-state index contributed by atoms with van der Waals surface area (Å²) in [6, 6.07) is 7.47. The van der Waals surface area contributed by atoms with Gasteiger partial charge in [-0.2, -0.15) is 5.10 Å². The number of alkyl halides is 1. The molecule has 28 heavy (non-hydrogen) atoms. The van der Waals surface area contributed by atoms with Gasteiger partial charge >= 0.3 is 0 Å². The van der Waals surface area contributed by atoms with Crippen LogP contribution in [-0.4, -0.2) is 51.5 Å². The van der Waals surface area contributed by atoms with Crippen molar-refractivity contribution in [2.45, 2.75) is 18.6 Å². The number of nitrogens with one attached hydrogen (secondary N) is 1. The van der Waals surface area contributed by atoms with Crippen LogP contribution in [0, 0.1) is 5.82 Å². The number of halogens is 2. The number of rotatable bonds is 5. The Labute approximate surface area is 159 Å². The van der Waals surface area contributed by atoms with Gasteiger partial charge in [-0.15, -0.1) is 0 Å². The number of hydrogen-bond acceptors (Lipinski definition) is 5. The molecule has 1 saturated heterocycles. The molecule has 146 valence electrons. The van der Waals surface area contributed by atoms with E-state index in [4.69, 9.17) is 5.11 Å². The van der Waals surface area contributed by atoms with Gasteiger partial charge in [-0.1, -0.05) is 12.1 Å². The van der Waals surface area contributed by atoms with E-state index in [1.807, 2.05) is 0 Å². The van der Waals surface area contributed by atoms with Gasteiger partial charge in [-0.3, -0.25) is 4.79 Å². The van der Waals surface area contributed by atoms with Crippen LogP contribution in [0.5, 0.6) is 0 Å². The number of aliphatic hydroxyl groups excluding tert-OH is 1. The van der Waals surface area contributed by atoms with Crippen molar-refractivity contribution in [1.82, 2.24) is 19.9 Å². The van der Waals surface area contributed by atoms with Crippen molar-refractivity contribution < 1.29 is 18.7 Å². The third-order valence-corrected chi connectivity index (χ3v) is 4.77. The van der Waals surface area contributed by atoms with Crippen LogP contribution >= 0.6 is 0 Å². The Morgan fingerprint density at radius 2 is 2.21 bits per heavy atom. The molecule has 4 rings (SSSR count). The molecule has 2 N–H and O–H groups in total. The van der Waals surface area contributed by atoms with E-state index in [0.29, 0.717) is 17.0 Å². The number of fused-ring (bicyclic) bond motifs is 1. The van der Waals surface area contributed by atoms with Crippen molar-refractivity contribution in [1.29, 1.82) is 0 Å². The molecular weight excluding hydrogens is 368 g/mol. The van der Waals surface area contributed by atoms with Crippen LogP contribution in [0.1, 0.15) is 28.4 Å². The minimum absolute atomic E-state index is 0.118. The lowest BCUT2D eigenvalue weighted by Gasteiger charge is -2.25. The molecule has 0 saturated carbocycles. The van der Waals surface area contributed by atoms with Crippen molar-refractivity contribution in [3.8, 4) is 0 Å². The van der Waals surface area contributed by atoms with E-state index in [-0.39, 0.29) is 43.5 Å². The quantitative estimate of drug-likeness (QED) is 0.699. The first kappa shape index (κ1) is 18.3. The van der Waals surface area contributed by atoms with E-state index < -0.39 is 12.1 Å². The Hall–Kier alpha value is -3.07. The van der Waals surface area contributed by atoms with Gasteiger partial charge in [0.15, 0.2) is 5.65 Å². The number of aromatic nitrogens is 3. The summed E-state index contributed by atoms with van der Waals surface area (Å²) in [5.41, 5.74) is 1.26. The van der Waals surface area contributed by atoms with Crippen molar-refractivity contribution in [3.05, 3.63) is 59.7 Å². The first-order valence-electron chi connectivity index (χ1n) is 8.96. The van der Waals surface area contributed by atoms with Gasteiger partial charge < -0.3 is 15.3 Å². The standard InChI is InChI=1S/C19H19F2N5O2/c20-13-3-1-2-12(8-13)16-9-14(21)11-25(16)17-4-6-26-18(24-17)15(10-23-26)19(28)22-5-7-27/h1-4,6,8,10,14,16,27H,5,7,9,11H2,(H,22,28)/t14-,16+/m0/s1. The van der Waals surface area contributed by atoms with Gasteiger partial charge in [0.2, 0.25) is 0 Å². The second-order valence-electron chi connectivity index (χ2n) is 6.65. The number of hydrogen-bond donors (Lipinski definition) is 2. The molecule has 1 aliphatic rings. The molecule has 1 aliphatic heterocycles. The maximum absolute atomic E-state index is 14.2. The van der Waals surface area contributed by atoms with Gasteiger partial charge in [0, 0.05) is 19.2 Å². The zero-order chi connectivity index (χ0) is 19.7. The highest BCUT2D eigenvalue weighted by Crippen LogP contribution is 2.37. The van der Waals surface area contributed by atoms with Crippen molar-refractivity contribution >= 4 is 17.4 Å². The van der Waals surface area contributed by atoms with Crippen LogP contribution in [-0.2, 0) is 0 Å². The number of benzene rings is 1. The minimum Gasteiger partial charge on any atom is -0.395 e. The van der Waals surface area contributed by atoms with E-state index in [1.165, 1.54) is 22.8 Å². The molecule has 1 aromatic carbocycles. The molecule has 9 heteroatoms. The van der Waals surface area contributed by atoms with E-state index >= 15 is 0 Å². The van der Waals surface area contributed by atoms with Gasteiger partial charge in [-0.05, 0) is 23.8 Å². The van der Waals surface area contributed by atoms with Crippen LogP contribution in [0.25, 0.3) is 5.65 Å². The van der Waals surface area contributed by atoms with Crippen LogP contribution in [0.15, 0.2) is 42.7 Å². The lowest BCUT2D eigenvalue weighted by molar-refractivity contribution is 0.0946. The molecule has 1 amide bonds. The molecule has 3 aromatic rings. The summed E-state index contributed by atoms with van der Waals surface area (Å²) in [5.74, 6) is -0.291. The molecule has 1 fully saturated rings. The summed E-state index contributed by atoms with van der Waals surface area (Å²) < 4.78 is 29.3. The number of carbonyl (C=O) groups excluding carboxylic acids is 1. The average molecular weight is 387 g/mol. The van der Waals surface area contributed by atoms with Gasteiger partial charge in [0.1, 0.15) is 23.4 Å². The maximum atomic E-state index is 14.2. The van der Waals surface area contributed by atoms with Crippen LogP contribution in [0.2, 0.25) is 0 Å². The molecule has 2 aromatic heterocycles. The molecule has 0 unspecified atom stereocenters. The van der Waals surface area contributed by atoms with Crippen LogP contribution in [0.3, 0.4) is 0 Å². The predicted octanol–water partition coefficient (Wildman–Crippen LogP) is 1.88. The Kier molecular flexibility index (Phi) is 4.91. The van der Waals surface area contributed by atoms with Crippen molar-refractivity contribution in [3.63, 3.8) is 0 Å². The first-order valence-corrected chi connectivity index (χ1v) is 8.96. The van der Waals surface area contributed by atoms with E-state index in [2.05, 4.69) is 15.4 Å². The van der Waals surface area contributed by atoms with Crippen molar-refractivity contribution in [2.24, 2.45) is 0 Å². The Bertz CT molecular complexity index is 1010. The van der Waals surface area contributed by atoms with E-state index in [0.717, 1.165) is 0 Å². The lowest BCUT2D eigenvalue weighted by atomic mass is 10.0. The highest BCUT2D eigenvalue weighted by Gasteiger charge is 2.34. The number of anilines is 1. The summed E-state index contributed by atoms with van der Waals surface area (Å²) in [6.45, 7) is 0.0717. The van der Waals surface area contributed by atoms with Gasteiger partial charge in [0.25, 0.3) is 5.91 Å². The number of aliphatic hydroxyl groups is 1. The summed E-state index contributed by atoms with van der Waals surface area (Å²) in [4.78, 5) is 18.6. The second kappa shape index (κ2) is 7.51. The fraction of sp³-hybridized carbons (Fsp3) is 0.316. The SMILES string of the molecule is O=C(NCCO)c1cnn2ccc(N3C[C@@H](F)C[C@@H]3c3cccc(F)c3)nc12. The highest BCUT2D eigenvalue weighted by molar-refractivity contribution is 5.99. The number of carbonyl (C=O) groups is 1. The fourth-order valence-corrected chi connectivity index (χ4v) is 3.51. The molecule has 0 bridgehead atoms. The third kappa shape index (κ3) is 3.40. The van der Waals surface area contributed by atoms with Crippen molar-refractivity contribution in [2.75, 3.05) is 24.6 Å². The Morgan fingerprint density at radius 1 is 1.36 bits per heavy atom. The van der Waals surface area contributed by atoms with E-state index in [1.54, 1.807) is 29.3 Å². The summed E-state index contributed by atoms with van der Waals surface area (Å²) >= 11 is 0. The van der Waals surface area contributed by atoms with Gasteiger partial charge in [0.05, 0.1) is 25.4 Å². The minimum atomic E-state index is -1.07. The van der Waals surface area contributed by atoms with E-state index in [9.17, 15) is 13.6 Å². The topological polar surface area (TPSA) is 82.8 Å². The summed E-state index contributed by atoms with van der Waals surface area (Å²) in [5, 5.41) is 15.5. The first-order chi connectivity index (χ1) is 13.6. The second-order valence-corrected chi connectivity index (χ2v) is 6.65. The smallest absolute Gasteiger partial charge is 0.256 e. The third-order valence-electron chi connectivity index (χ3n) is 4.77. The van der Waals surface area contributed by atoms with Gasteiger partial charge in [-0.25, -0.2) is 18.3 Å². The molecule has 3 heterocycles. The molecular formula is C19H19F2N5O2. The monoisotopic (exact) mass is 387 g/mol. The van der Waals surface area contributed by atoms with Crippen LogP contribution < -0.4 is 10.2 Å². The zero-order valence-electron chi connectivity index (χ0n) is 14.9. The fourth-order valence-electron chi connectivity index (χ4n) is 3.51. The predicted molar refractivity (Wildman–Crippen MR) is 98.4 cm³/mol. The largest absolute Gasteiger partial charge is 0.395 e. The lowest BCUT2D eigenvalue weighted by Crippen LogP contribution is -2.27. The maximum Gasteiger partial charge on any atom is 0.256 e. The number of nitrogens with zero attached hydrogens (tertiary/aromatic N) is 4. The molecule has 0 radical (unpaired) electrons. The summed E-state index contributed by atoms with van der Waals surface area (Å²) in [6.07, 6.45) is 2.21. The van der Waals surface area contributed by atoms with Crippen LogP contribution in [0.4, 0.5) is 14.6 Å².